The molecule has 0 spiro atoms. The van der Waals surface area contributed by atoms with Crippen LogP contribution in [0, 0.1) is 0 Å². The normalized spacial score (nSPS) is 16.7. The van der Waals surface area contributed by atoms with E-state index in [-0.39, 0.29) is 55.1 Å². The third-order valence-electron chi connectivity index (χ3n) is 27.3. The van der Waals surface area contributed by atoms with Crippen LogP contribution in [0.5, 0.6) is 0 Å². The van der Waals surface area contributed by atoms with Gasteiger partial charge in [-0.15, -0.1) is 0 Å². The number of aromatic nitrogens is 16. The number of aromatic amines is 4. The lowest BCUT2D eigenvalue weighted by atomic mass is 10.0. The predicted octanol–water partition coefficient (Wildman–Crippen LogP) is 17.7. The number of likely N-dealkylation sites (tertiary alicyclic amines) is 6. The number of pyridine rings is 8. The summed E-state index contributed by atoms with van der Waals surface area (Å²) in [6.45, 7) is 16.3. The summed E-state index contributed by atoms with van der Waals surface area (Å²) in [5, 5.41) is 43.4. The zero-order valence-electron chi connectivity index (χ0n) is 79.3. The van der Waals surface area contributed by atoms with E-state index in [9.17, 15) is 36.7 Å². The first-order chi connectivity index (χ1) is 69.7. The SMILES string of the molecule is Nc1cncc(-c2ccc3[nH]nc(C(=O)Nc4ccc(CN5CCCC5)nc4)c3c2)c1.O=C(Nc1ccc(CN2CCCC2)nc1)c1n[nH]c2ccc(-c3cncc(CN4CCC(F)(F)C4)c3)cc12.O=C(Nc1ccc(CN2CCCC2)nc1)c1n[nH]c2ccc(-c3cncc(CN4CCC(F)(F)CC4)c3)cc12.O=C(Nc1ccc(CN2CCCC2)nc1)c1n[nH]c2ccc(-c3cncc(N4CCCC4)c3)cc12. The van der Waals surface area contributed by atoms with Gasteiger partial charge in [-0.25, -0.2) is 17.6 Å². The highest BCUT2D eigenvalue weighted by Crippen LogP contribution is 2.37. The molecule has 10 N–H and O–H groups in total. The fraction of sp³-hybridized carbons (Fsp3) is 0.327. The molecule has 16 aromatic rings. The highest BCUT2D eigenvalue weighted by Gasteiger charge is 2.39. The minimum Gasteiger partial charge on any atom is -0.397 e. The molecule has 0 atom stereocenters. The van der Waals surface area contributed by atoms with Crippen LogP contribution in [0.1, 0.15) is 159 Å². The number of piperidine rings is 1. The number of benzene rings is 4. The number of alkyl halides is 4. The summed E-state index contributed by atoms with van der Waals surface area (Å²) in [7, 11) is 0. The first-order valence-electron chi connectivity index (χ1n) is 49.1. The zero-order chi connectivity index (χ0) is 97.8. The molecule has 0 aliphatic carbocycles. The van der Waals surface area contributed by atoms with E-state index < -0.39 is 11.8 Å². The summed E-state index contributed by atoms with van der Waals surface area (Å²) in [5.74, 6) is -6.38. The van der Waals surface area contributed by atoms with E-state index in [1.54, 1.807) is 66.9 Å². The van der Waals surface area contributed by atoms with Gasteiger partial charge in [-0.05, 0) is 271 Å². The Morgan fingerprint density at radius 1 is 0.294 bits per heavy atom. The Balaban J connectivity index is 0.000000117. The molecule has 0 bridgehead atoms. The first kappa shape index (κ1) is 95.5. The van der Waals surface area contributed by atoms with Gasteiger partial charge in [0.15, 0.2) is 22.8 Å². The molecule has 0 unspecified atom stereocenters. The molecule has 7 aliphatic rings. The van der Waals surface area contributed by atoms with E-state index >= 15 is 0 Å². The third-order valence-corrected chi connectivity index (χ3v) is 27.3. The van der Waals surface area contributed by atoms with Crippen LogP contribution in [0.4, 0.5) is 51.7 Å². The average molecular weight is 1930 g/mol. The van der Waals surface area contributed by atoms with Crippen molar-refractivity contribution in [3.63, 3.8) is 0 Å². The summed E-state index contributed by atoms with van der Waals surface area (Å²) >= 11 is 0. The van der Waals surface area contributed by atoms with Crippen LogP contribution in [0.3, 0.4) is 0 Å². The number of carbonyl (C=O) groups is 4. The second-order valence-corrected chi connectivity index (χ2v) is 38.0. The Morgan fingerprint density at radius 2 is 0.587 bits per heavy atom. The van der Waals surface area contributed by atoms with E-state index in [4.69, 9.17) is 5.73 Å². The molecule has 32 nitrogen and oxygen atoms in total. The van der Waals surface area contributed by atoms with Crippen molar-refractivity contribution in [2.75, 3.05) is 124 Å². The van der Waals surface area contributed by atoms with E-state index in [0.29, 0.717) is 89.0 Å². The number of nitrogens with one attached hydrogen (secondary N) is 8. The molecule has 0 saturated carbocycles. The third kappa shape index (κ3) is 24.1. The lowest BCUT2D eigenvalue weighted by Gasteiger charge is -2.31. The Bertz CT molecular complexity index is 7160. The molecule has 7 saturated heterocycles. The minimum atomic E-state index is -2.62. The summed E-state index contributed by atoms with van der Waals surface area (Å²) in [6.07, 6.45) is 33.0. The van der Waals surface area contributed by atoms with Crippen molar-refractivity contribution < 1.29 is 36.7 Å². The van der Waals surface area contributed by atoms with Crippen LogP contribution < -0.4 is 31.9 Å². The van der Waals surface area contributed by atoms with Crippen molar-refractivity contribution in [1.29, 1.82) is 0 Å². The largest absolute Gasteiger partial charge is 0.397 e. The van der Waals surface area contributed by atoms with Crippen molar-refractivity contribution in [3.05, 3.63) is 277 Å². The van der Waals surface area contributed by atoms with Crippen LogP contribution in [0.2, 0.25) is 0 Å². The standard InChI is InChI=1S/C29H31F2N7O.C28H29F2N7O.C27H29N7O.C23H23N7O/c30-29(31)7-11-38(12-8-29)18-20-13-22(16-32-15-20)21-3-6-26-25(14-21)27(36-35-26)28(39)34-23-4-5-24(33-17-23)19-37-9-1-2-10-37;29-28(30)7-10-37(18-28)16-19-11-21(14-31-13-19)20-3-6-25-24(12-20)26(35-34-25)27(38)33-22-4-5-23(32-15-22)17-36-8-1-2-9-36;35-27(30-21-6-7-22(29-16-21)18-33-9-1-2-10-33)26-24-14-19(5-8-25(24)31-32-26)20-13-23(17-28-15-20)34-11-3-4-12-34;24-17-9-16(11-25-12-17)15-3-6-21-20(10-15)22(29-28-21)23(31)27-18-4-5-19(26-13-18)14-30-7-1-2-8-30/h3-6,13-17H,1-2,7-12,18-19H2,(H,34,39)(H,35,36);3-6,11-15H,1-2,7-10,16-18H2,(H,33,38)(H,34,35);5-8,13-17H,1-4,9-12,18H2,(H,30,35)(H,31,32);3-6,9-13H,1-2,7-8,14,24H2,(H,27,31)(H,28,29). The number of nitrogen functional groups attached to an aromatic ring is 1. The second kappa shape index (κ2) is 43.6. The summed E-state index contributed by atoms with van der Waals surface area (Å²) in [4.78, 5) is 103. The molecule has 4 aromatic carbocycles. The van der Waals surface area contributed by atoms with Crippen LogP contribution in [-0.4, -0.2) is 237 Å². The molecule has 732 valence electrons. The number of nitrogens with zero attached hydrogens (tertiary/aromatic N) is 19. The molecular formula is C107H112F4N28O4. The lowest BCUT2D eigenvalue weighted by Crippen LogP contribution is -2.38. The van der Waals surface area contributed by atoms with Crippen LogP contribution in [0.25, 0.3) is 88.1 Å². The lowest BCUT2D eigenvalue weighted by molar-refractivity contribution is -0.0566. The Hall–Kier alpha value is -15.1. The van der Waals surface area contributed by atoms with E-state index in [1.807, 2.05) is 157 Å². The monoisotopic (exact) mass is 1930 g/mol. The van der Waals surface area contributed by atoms with Gasteiger partial charge >= 0.3 is 0 Å². The van der Waals surface area contributed by atoms with Crippen molar-refractivity contribution in [2.24, 2.45) is 0 Å². The molecule has 143 heavy (non-hydrogen) atoms. The van der Waals surface area contributed by atoms with Crippen LogP contribution in [0.15, 0.2) is 220 Å². The van der Waals surface area contributed by atoms with Gasteiger partial charge in [-0.2, -0.15) is 20.4 Å². The topological polar surface area (TPSA) is 383 Å². The number of carbonyl (C=O) groups excluding carboxylic acids is 4. The number of fused-ring (bicyclic) bond motifs is 4. The van der Waals surface area contributed by atoms with Gasteiger partial charge in [0.1, 0.15) is 0 Å². The number of halogens is 4. The second-order valence-electron chi connectivity index (χ2n) is 38.0. The van der Waals surface area contributed by atoms with Crippen molar-refractivity contribution >= 4 is 101 Å². The number of nitrogens with two attached hydrogens (primary N) is 1. The Labute approximate surface area is 823 Å². The maximum Gasteiger partial charge on any atom is 0.276 e. The Kier molecular flexibility index (Phi) is 29.1. The fourth-order valence-electron chi connectivity index (χ4n) is 19.6. The molecule has 36 heteroatoms. The average Bonchev–Trinajstić information content (AvgIpc) is 1.66. The maximum absolute atomic E-state index is 13.6. The van der Waals surface area contributed by atoms with E-state index in [1.165, 1.54) is 64.2 Å². The number of H-pyrrole nitrogens is 4. The first-order valence-corrected chi connectivity index (χ1v) is 49.1. The number of hydrogen-bond donors (Lipinski definition) is 9. The quantitative estimate of drug-likeness (QED) is 0.0240. The maximum atomic E-state index is 13.6. The highest BCUT2D eigenvalue weighted by molar-refractivity contribution is 6.14. The van der Waals surface area contributed by atoms with Crippen molar-refractivity contribution in [3.8, 4) is 44.5 Å². The molecule has 4 amide bonds. The number of hydrogen-bond acceptors (Lipinski definition) is 24. The smallest absolute Gasteiger partial charge is 0.276 e. The number of rotatable bonds is 25. The molecule has 0 radical (unpaired) electrons. The van der Waals surface area contributed by atoms with Gasteiger partial charge in [-0.1, -0.05) is 24.3 Å². The molecule has 19 heterocycles. The fourth-order valence-corrected chi connectivity index (χ4v) is 19.6. The molecule has 7 fully saturated rings. The summed E-state index contributed by atoms with van der Waals surface area (Å²) < 4.78 is 54.2. The molecule has 12 aromatic heterocycles. The van der Waals surface area contributed by atoms with Crippen LogP contribution in [-0.2, 0) is 39.3 Å². The molecule has 23 rings (SSSR count). The minimum absolute atomic E-state index is 0.110. The van der Waals surface area contributed by atoms with Gasteiger partial charge in [0.25, 0.3) is 35.5 Å². The molecular weight excluding hydrogens is 1820 g/mol. The highest BCUT2D eigenvalue weighted by atomic mass is 19.3. The Morgan fingerprint density at radius 3 is 0.909 bits per heavy atom. The summed E-state index contributed by atoms with van der Waals surface area (Å²) in [5.41, 5.74) is 27.6. The zero-order valence-corrected chi connectivity index (χ0v) is 79.3. The van der Waals surface area contributed by atoms with Gasteiger partial charge in [0.2, 0.25) is 0 Å². The number of anilines is 6. The predicted molar refractivity (Wildman–Crippen MR) is 544 cm³/mol. The van der Waals surface area contributed by atoms with Crippen LogP contribution >= 0.6 is 0 Å². The van der Waals surface area contributed by atoms with Crippen molar-refractivity contribution in [1.82, 2.24) is 110 Å². The van der Waals surface area contributed by atoms with Gasteiger partial charge in [-0.3, -0.25) is 109 Å². The number of amides is 4. The van der Waals surface area contributed by atoms with Gasteiger partial charge in [0.05, 0.1) is 116 Å². The van der Waals surface area contributed by atoms with Gasteiger partial charge in [0, 0.05) is 178 Å². The van der Waals surface area contributed by atoms with Crippen molar-refractivity contribution in [2.45, 2.75) is 135 Å². The van der Waals surface area contributed by atoms with Gasteiger partial charge < -0.3 is 31.9 Å². The van der Waals surface area contributed by atoms with E-state index in [2.05, 4.69) is 132 Å². The van der Waals surface area contributed by atoms with E-state index in [0.717, 1.165) is 209 Å². The molecule has 7 aliphatic heterocycles. The summed E-state index contributed by atoms with van der Waals surface area (Å²) in [6, 6.07) is 46.6.